The molecule has 1 aromatic rings. The number of thiocarbonyl (C=S) groups is 1. The summed E-state index contributed by atoms with van der Waals surface area (Å²) in [5, 5.41) is 7.30. The van der Waals surface area contributed by atoms with Crippen LogP contribution in [0.1, 0.15) is 48.0 Å². The zero-order chi connectivity index (χ0) is 17.6. The molecule has 1 aliphatic rings. The van der Waals surface area contributed by atoms with Gasteiger partial charge >= 0.3 is 5.97 Å². The molecule has 132 valence electrons. The van der Waals surface area contributed by atoms with Gasteiger partial charge in [0.2, 0.25) is 0 Å². The number of carbonyl (C=O) groups is 1. The molecule has 1 fully saturated rings. The van der Waals surface area contributed by atoms with Crippen molar-refractivity contribution in [1.29, 1.82) is 0 Å². The number of benzene rings is 1. The fourth-order valence-electron chi connectivity index (χ4n) is 3.28. The number of ether oxygens (including phenoxy) is 2. The number of nitrogens with one attached hydrogen (secondary N) is 2. The van der Waals surface area contributed by atoms with Crippen molar-refractivity contribution in [2.24, 2.45) is 0 Å². The van der Waals surface area contributed by atoms with Crippen LogP contribution < -0.4 is 10.6 Å². The maximum Gasteiger partial charge on any atom is 0.338 e. The molecule has 0 unspecified atom stereocenters. The van der Waals surface area contributed by atoms with Crippen LogP contribution in [0.2, 0.25) is 0 Å². The van der Waals surface area contributed by atoms with Crippen molar-refractivity contribution in [2.45, 2.75) is 44.6 Å². The Labute approximate surface area is 149 Å². The van der Waals surface area contributed by atoms with E-state index in [9.17, 15) is 4.79 Å². The highest BCUT2D eigenvalue weighted by Gasteiger charge is 2.34. The van der Waals surface area contributed by atoms with E-state index in [1.807, 2.05) is 19.1 Å². The Kier molecular flexibility index (Phi) is 6.57. The van der Waals surface area contributed by atoms with Crippen molar-refractivity contribution in [3.63, 3.8) is 0 Å². The van der Waals surface area contributed by atoms with Gasteiger partial charge in [-0.15, -0.1) is 0 Å². The number of esters is 1. The number of hydrogen-bond acceptors (Lipinski definition) is 4. The molecule has 0 heterocycles. The third kappa shape index (κ3) is 4.45. The average Bonchev–Trinajstić information content (AvgIpc) is 3.02. The number of methoxy groups -OCH3 is 2. The number of carbonyl (C=O) groups excluding carboxylic acids is 1. The van der Waals surface area contributed by atoms with Gasteiger partial charge < -0.3 is 20.1 Å². The molecule has 1 aliphatic carbocycles. The Bertz CT molecular complexity index is 598. The highest BCUT2D eigenvalue weighted by atomic mass is 32.1. The van der Waals surface area contributed by atoms with Crippen LogP contribution in [0.25, 0.3) is 0 Å². The molecule has 1 saturated carbocycles. The fraction of sp³-hybridized carbons (Fsp3) is 0.556. The first-order chi connectivity index (χ1) is 11.5. The van der Waals surface area contributed by atoms with Crippen molar-refractivity contribution < 1.29 is 14.3 Å². The third-order valence-electron chi connectivity index (χ3n) is 4.71. The molecule has 24 heavy (non-hydrogen) atoms. The molecule has 0 bridgehead atoms. The fourth-order valence-corrected chi connectivity index (χ4v) is 3.61. The van der Waals surface area contributed by atoms with Gasteiger partial charge in [0, 0.05) is 24.9 Å². The molecule has 0 saturated heterocycles. The first-order valence-electron chi connectivity index (χ1n) is 8.27. The zero-order valence-corrected chi connectivity index (χ0v) is 15.4. The van der Waals surface area contributed by atoms with Gasteiger partial charge in [-0.05, 0) is 56.1 Å². The van der Waals surface area contributed by atoms with E-state index in [-0.39, 0.29) is 11.5 Å². The summed E-state index contributed by atoms with van der Waals surface area (Å²) in [5.41, 5.74) is 2.19. The van der Waals surface area contributed by atoms with Crippen LogP contribution in [-0.4, -0.2) is 37.4 Å². The van der Waals surface area contributed by atoms with E-state index in [1.165, 1.54) is 20.0 Å². The minimum Gasteiger partial charge on any atom is -0.465 e. The van der Waals surface area contributed by atoms with E-state index >= 15 is 0 Å². The van der Waals surface area contributed by atoms with E-state index in [0.717, 1.165) is 30.5 Å². The summed E-state index contributed by atoms with van der Waals surface area (Å²) in [6, 6.07) is 5.48. The highest BCUT2D eigenvalue weighted by molar-refractivity contribution is 7.80. The largest absolute Gasteiger partial charge is 0.465 e. The maximum absolute atomic E-state index is 11.8. The van der Waals surface area contributed by atoms with Gasteiger partial charge in [-0.25, -0.2) is 4.79 Å². The SMILES string of the molecule is COCCC1(NC(=S)Nc2cccc(C(=O)OC)c2C)CCCC1. The molecular weight excluding hydrogens is 324 g/mol. The van der Waals surface area contributed by atoms with Gasteiger partial charge in [0.1, 0.15) is 0 Å². The van der Waals surface area contributed by atoms with Crippen LogP contribution in [0, 0.1) is 6.92 Å². The summed E-state index contributed by atoms with van der Waals surface area (Å²) in [6.07, 6.45) is 5.54. The van der Waals surface area contributed by atoms with Crippen molar-refractivity contribution in [1.82, 2.24) is 5.32 Å². The average molecular weight is 350 g/mol. The lowest BCUT2D eigenvalue weighted by atomic mass is 9.94. The highest BCUT2D eigenvalue weighted by Crippen LogP contribution is 2.33. The van der Waals surface area contributed by atoms with Gasteiger partial charge in [0.25, 0.3) is 0 Å². The first kappa shape index (κ1) is 18.7. The molecule has 0 aromatic heterocycles. The predicted molar refractivity (Wildman–Crippen MR) is 99.6 cm³/mol. The Morgan fingerprint density at radius 1 is 1.29 bits per heavy atom. The zero-order valence-electron chi connectivity index (χ0n) is 14.6. The van der Waals surface area contributed by atoms with E-state index < -0.39 is 0 Å². The van der Waals surface area contributed by atoms with E-state index in [0.29, 0.717) is 17.3 Å². The maximum atomic E-state index is 11.8. The monoisotopic (exact) mass is 350 g/mol. The molecule has 0 spiro atoms. The molecule has 0 radical (unpaired) electrons. The smallest absolute Gasteiger partial charge is 0.338 e. The Morgan fingerprint density at radius 2 is 2.00 bits per heavy atom. The molecule has 0 amide bonds. The number of hydrogen-bond donors (Lipinski definition) is 2. The first-order valence-corrected chi connectivity index (χ1v) is 8.68. The lowest BCUT2D eigenvalue weighted by molar-refractivity contribution is 0.0600. The van der Waals surface area contributed by atoms with Crippen molar-refractivity contribution >= 4 is 29.0 Å². The lowest BCUT2D eigenvalue weighted by Gasteiger charge is -2.32. The number of rotatable bonds is 6. The predicted octanol–water partition coefficient (Wildman–Crippen LogP) is 3.42. The third-order valence-corrected chi connectivity index (χ3v) is 4.92. The van der Waals surface area contributed by atoms with Gasteiger partial charge in [-0.2, -0.15) is 0 Å². The number of anilines is 1. The van der Waals surface area contributed by atoms with Crippen molar-refractivity contribution in [3.05, 3.63) is 29.3 Å². The second-order valence-electron chi connectivity index (χ2n) is 6.28. The molecule has 5 nitrogen and oxygen atoms in total. The Hall–Kier alpha value is -1.66. The quantitative estimate of drug-likeness (QED) is 0.606. The molecule has 0 atom stereocenters. The summed E-state index contributed by atoms with van der Waals surface area (Å²) in [7, 11) is 3.11. The van der Waals surface area contributed by atoms with Crippen LogP contribution in [-0.2, 0) is 9.47 Å². The minimum atomic E-state index is -0.345. The lowest BCUT2D eigenvalue weighted by Crippen LogP contribution is -2.48. The standard InChI is InChI=1S/C18H26N2O3S/c1-13-14(16(21)23-3)7-6-8-15(13)19-17(24)20-18(11-12-22-2)9-4-5-10-18/h6-8H,4-5,9-12H2,1-3H3,(H2,19,20,24). The molecule has 6 heteroatoms. The molecule has 0 aliphatic heterocycles. The summed E-state index contributed by atoms with van der Waals surface area (Å²) >= 11 is 5.51. The van der Waals surface area contributed by atoms with Gasteiger partial charge in [-0.1, -0.05) is 18.9 Å². The van der Waals surface area contributed by atoms with Crippen LogP contribution >= 0.6 is 12.2 Å². The molecule has 1 aromatic carbocycles. The minimum absolute atomic E-state index is 0.00789. The van der Waals surface area contributed by atoms with Gasteiger partial charge in [-0.3, -0.25) is 0 Å². The second kappa shape index (κ2) is 8.44. The summed E-state index contributed by atoms with van der Waals surface area (Å²) in [6.45, 7) is 2.60. The van der Waals surface area contributed by atoms with Gasteiger partial charge in [0.15, 0.2) is 5.11 Å². The normalized spacial score (nSPS) is 15.8. The van der Waals surface area contributed by atoms with Crippen molar-refractivity contribution in [2.75, 3.05) is 26.1 Å². The molecular formula is C18H26N2O3S. The van der Waals surface area contributed by atoms with Gasteiger partial charge in [0.05, 0.1) is 12.7 Å². The van der Waals surface area contributed by atoms with E-state index in [1.54, 1.807) is 13.2 Å². The molecule has 2 N–H and O–H groups in total. The second-order valence-corrected chi connectivity index (χ2v) is 6.69. The summed E-state index contributed by atoms with van der Waals surface area (Å²) in [4.78, 5) is 11.8. The topological polar surface area (TPSA) is 59.6 Å². The molecule has 2 rings (SSSR count). The van der Waals surface area contributed by atoms with Crippen LogP contribution in [0.4, 0.5) is 5.69 Å². The van der Waals surface area contributed by atoms with Crippen LogP contribution in [0.15, 0.2) is 18.2 Å². The van der Waals surface area contributed by atoms with Crippen LogP contribution in [0.3, 0.4) is 0 Å². The van der Waals surface area contributed by atoms with Crippen molar-refractivity contribution in [3.8, 4) is 0 Å². The summed E-state index contributed by atoms with van der Waals surface area (Å²) in [5.74, 6) is -0.345. The van der Waals surface area contributed by atoms with Crippen LogP contribution in [0.5, 0.6) is 0 Å². The summed E-state index contributed by atoms with van der Waals surface area (Å²) < 4.78 is 10.1. The van der Waals surface area contributed by atoms with E-state index in [4.69, 9.17) is 21.7 Å². The Balaban J connectivity index is 2.08. The Morgan fingerprint density at radius 3 is 2.62 bits per heavy atom. The van der Waals surface area contributed by atoms with E-state index in [2.05, 4.69) is 10.6 Å².